The molecule has 0 amide bonds. The van der Waals surface area contributed by atoms with Gasteiger partial charge in [-0.25, -0.2) is 4.98 Å². The number of carbonyl (C=O) groups excluding carboxylic acids is 1. The van der Waals surface area contributed by atoms with E-state index < -0.39 is 0 Å². The average Bonchev–Trinajstić information content (AvgIpc) is 2.77. The van der Waals surface area contributed by atoms with E-state index in [-0.39, 0.29) is 12.0 Å². The Labute approximate surface area is 102 Å². The summed E-state index contributed by atoms with van der Waals surface area (Å²) in [5, 5.41) is 2.95. The summed E-state index contributed by atoms with van der Waals surface area (Å²) < 4.78 is 5.22. The quantitative estimate of drug-likeness (QED) is 0.700. The minimum absolute atomic E-state index is 0.212. The number of hydrogen-bond donors (Lipinski definition) is 2. The largest absolute Gasteiger partial charge is 0.465 e. The normalized spacial score (nSPS) is 12.7. The fraction of sp³-hybridized carbons (Fsp3) is 0.667. The first kappa shape index (κ1) is 13.7. The fourth-order valence-corrected chi connectivity index (χ4v) is 1.41. The zero-order valence-electron chi connectivity index (χ0n) is 10.7. The molecule has 17 heavy (non-hydrogen) atoms. The third kappa shape index (κ3) is 4.99. The number of nitrogens with one attached hydrogen (secondary N) is 2. The highest BCUT2D eigenvalue weighted by atomic mass is 16.5. The van der Waals surface area contributed by atoms with Gasteiger partial charge in [-0.05, 0) is 19.4 Å². The van der Waals surface area contributed by atoms with Gasteiger partial charge in [0.25, 0.3) is 0 Å². The molecular weight excluding hydrogens is 218 g/mol. The lowest BCUT2D eigenvalue weighted by Gasteiger charge is -2.14. The molecule has 0 aliphatic heterocycles. The van der Waals surface area contributed by atoms with Crippen LogP contribution in [0.4, 0.5) is 0 Å². The number of aromatic amines is 1. The Hall–Kier alpha value is -1.36. The molecule has 5 nitrogen and oxygen atoms in total. The average molecular weight is 239 g/mol. The molecule has 5 heteroatoms. The van der Waals surface area contributed by atoms with E-state index in [0.29, 0.717) is 18.9 Å². The molecule has 0 aromatic carbocycles. The Morgan fingerprint density at radius 1 is 1.59 bits per heavy atom. The van der Waals surface area contributed by atoms with Crippen molar-refractivity contribution >= 4 is 5.97 Å². The van der Waals surface area contributed by atoms with Gasteiger partial charge in [-0.3, -0.25) is 4.79 Å². The monoisotopic (exact) mass is 239 g/mol. The summed E-state index contributed by atoms with van der Waals surface area (Å²) in [4.78, 5) is 18.7. The van der Waals surface area contributed by atoms with Crippen molar-refractivity contribution in [2.75, 3.05) is 13.7 Å². The molecule has 0 bridgehead atoms. The Kier molecular flexibility index (Phi) is 5.69. The second-order valence-corrected chi connectivity index (χ2v) is 4.46. The number of hydrogen-bond acceptors (Lipinski definition) is 4. The van der Waals surface area contributed by atoms with Crippen LogP contribution in [0.3, 0.4) is 0 Å². The van der Waals surface area contributed by atoms with Gasteiger partial charge in [-0.15, -0.1) is 0 Å². The zero-order chi connectivity index (χ0) is 12.7. The van der Waals surface area contributed by atoms with Crippen molar-refractivity contribution in [2.45, 2.75) is 32.7 Å². The van der Waals surface area contributed by atoms with Crippen molar-refractivity contribution in [3.63, 3.8) is 0 Å². The van der Waals surface area contributed by atoms with Crippen LogP contribution >= 0.6 is 0 Å². The van der Waals surface area contributed by atoms with E-state index in [1.54, 1.807) is 19.6 Å². The highest BCUT2D eigenvalue weighted by Crippen LogP contribution is 2.03. The van der Waals surface area contributed by atoms with E-state index in [9.17, 15) is 4.79 Å². The Morgan fingerprint density at radius 3 is 2.88 bits per heavy atom. The lowest BCUT2D eigenvalue weighted by atomic mass is 10.1. The number of H-pyrrole nitrogens is 1. The molecule has 1 rings (SSSR count). The third-order valence-electron chi connectivity index (χ3n) is 2.54. The van der Waals surface area contributed by atoms with Gasteiger partial charge in [0.1, 0.15) is 6.04 Å². The van der Waals surface area contributed by atoms with Crippen LogP contribution in [0.1, 0.15) is 26.0 Å². The van der Waals surface area contributed by atoms with Crippen molar-refractivity contribution in [1.29, 1.82) is 0 Å². The summed E-state index contributed by atoms with van der Waals surface area (Å²) in [7, 11) is 1.75. The smallest absolute Gasteiger partial charge is 0.323 e. The van der Waals surface area contributed by atoms with Crippen molar-refractivity contribution in [1.82, 2.24) is 15.3 Å². The van der Waals surface area contributed by atoms with E-state index >= 15 is 0 Å². The Bertz CT molecular complexity index is 323. The van der Waals surface area contributed by atoms with Crippen LogP contribution in [0.15, 0.2) is 12.5 Å². The standard InChI is InChI=1S/C12H21N3O2/c1-9(2)4-5-17-12(16)11(13-3)6-10-7-14-8-15-10/h7-9,11,13H,4-6H2,1-3H3,(H,14,15)/t11-/m0/s1. The molecule has 96 valence electrons. The van der Waals surface area contributed by atoms with Gasteiger partial charge in [0.15, 0.2) is 0 Å². The molecule has 0 aliphatic rings. The molecule has 0 aliphatic carbocycles. The van der Waals surface area contributed by atoms with Gasteiger partial charge >= 0.3 is 5.97 Å². The van der Waals surface area contributed by atoms with E-state index in [2.05, 4.69) is 29.1 Å². The number of carbonyl (C=O) groups is 1. The number of nitrogens with zero attached hydrogens (tertiary/aromatic N) is 1. The molecule has 0 radical (unpaired) electrons. The summed E-state index contributed by atoms with van der Waals surface area (Å²) in [6.07, 6.45) is 4.82. The molecule has 0 saturated heterocycles. The van der Waals surface area contributed by atoms with Crippen LogP contribution < -0.4 is 5.32 Å². The maximum Gasteiger partial charge on any atom is 0.323 e. The number of ether oxygens (including phenoxy) is 1. The minimum Gasteiger partial charge on any atom is -0.465 e. The molecule has 1 aromatic rings. The van der Waals surface area contributed by atoms with Gasteiger partial charge in [0.05, 0.1) is 18.6 Å². The van der Waals surface area contributed by atoms with Crippen LogP contribution in [0.2, 0.25) is 0 Å². The molecule has 2 N–H and O–H groups in total. The second kappa shape index (κ2) is 7.06. The second-order valence-electron chi connectivity index (χ2n) is 4.46. The van der Waals surface area contributed by atoms with Gasteiger partial charge < -0.3 is 15.0 Å². The van der Waals surface area contributed by atoms with Gasteiger partial charge in [0.2, 0.25) is 0 Å². The van der Waals surface area contributed by atoms with E-state index in [1.165, 1.54) is 0 Å². The highest BCUT2D eigenvalue weighted by Gasteiger charge is 2.19. The number of esters is 1. The number of aromatic nitrogens is 2. The van der Waals surface area contributed by atoms with E-state index in [4.69, 9.17) is 4.74 Å². The first-order chi connectivity index (χ1) is 8.13. The van der Waals surface area contributed by atoms with Gasteiger partial charge in [-0.1, -0.05) is 13.8 Å². The summed E-state index contributed by atoms with van der Waals surface area (Å²) >= 11 is 0. The van der Waals surface area contributed by atoms with Crippen LogP contribution in [0, 0.1) is 5.92 Å². The summed E-state index contributed by atoms with van der Waals surface area (Å²) in [5.41, 5.74) is 0.852. The summed E-state index contributed by atoms with van der Waals surface area (Å²) in [6.45, 7) is 4.69. The maximum absolute atomic E-state index is 11.8. The van der Waals surface area contributed by atoms with Gasteiger partial charge in [-0.2, -0.15) is 0 Å². The first-order valence-electron chi connectivity index (χ1n) is 5.95. The molecule has 1 heterocycles. The van der Waals surface area contributed by atoms with Gasteiger partial charge in [0, 0.05) is 12.6 Å². The van der Waals surface area contributed by atoms with Crippen LogP contribution in [0.25, 0.3) is 0 Å². The topological polar surface area (TPSA) is 67.0 Å². The molecule has 1 atom stereocenters. The number of likely N-dealkylation sites (N-methyl/N-ethyl adjacent to an activating group) is 1. The molecule has 1 aromatic heterocycles. The van der Waals surface area contributed by atoms with Crippen LogP contribution in [0.5, 0.6) is 0 Å². The molecular formula is C12H21N3O2. The SMILES string of the molecule is CN[C@@H](Cc1c[nH]cn1)C(=O)OCCC(C)C. The number of rotatable bonds is 7. The number of imidazole rings is 1. The molecule has 0 spiro atoms. The zero-order valence-corrected chi connectivity index (χ0v) is 10.7. The lowest BCUT2D eigenvalue weighted by Crippen LogP contribution is -2.37. The Morgan fingerprint density at radius 2 is 2.35 bits per heavy atom. The molecule has 0 fully saturated rings. The predicted octanol–water partition coefficient (Wildman–Crippen LogP) is 1.13. The van der Waals surface area contributed by atoms with Crippen LogP contribution in [-0.2, 0) is 16.0 Å². The van der Waals surface area contributed by atoms with Crippen molar-refractivity contribution in [2.24, 2.45) is 5.92 Å². The van der Waals surface area contributed by atoms with Crippen molar-refractivity contribution < 1.29 is 9.53 Å². The lowest BCUT2D eigenvalue weighted by molar-refractivity contribution is -0.146. The first-order valence-corrected chi connectivity index (χ1v) is 5.95. The van der Waals surface area contributed by atoms with E-state index in [0.717, 1.165) is 12.1 Å². The maximum atomic E-state index is 11.8. The summed E-state index contributed by atoms with van der Waals surface area (Å²) in [5.74, 6) is 0.332. The predicted molar refractivity (Wildman–Crippen MR) is 65.6 cm³/mol. The van der Waals surface area contributed by atoms with Crippen LogP contribution in [-0.4, -0.2) is 35.6 Å². The van der Waals surface area contributed by atoms with E-state index in [1.807, 2.05) is 0 Å². The third-order valence-corrected chi connectivity index (χ3v) is 2.54. The minimum atomic E-state index is -0.328. The summed E-state index contributed by atoms with van der Waals surface area (Å²) in [6, 6.07) is -0.328. The van der Waals surface area contributed by atoms with Crippen molar-refractivity contribution in [3.8, 4) is 0 Å². The Balaban J connectivity index is 2.36. The molecule has 0 unspecified atom stereocenters. The highest BCUT2D eigenvalue weighted by molar-refractivity contribution is 5.76. The fourth-order valence-electron chi connectivity index (χ4n) is 1.41. The molecule has 0 saturated carbocycles. The van der Waals surface area contributed by atoms with Crippen molar-refractivity contribution in [3.05, 3.63) is 18.2 Å².